The first-order valence-electron chi connectivity index (χ1n) is 12.8. The zero-order valence-electron chi connectivity index (χ0n) is 22.1. The molecule has 1 aliphatic rings. The van der Waals surface area contributed by atoms with Crippen molar-refractivity contribution in [2.45, 2.75) is 58.5 Å². The van der Waals surface area contributed by atoms with E-state index in [1.165, 1.54) is 4.31 Å². The van der Waals surface area contributed by atoms with E-state index in [-0.39, 0.29) is 44.5 Å². The maximum absolute atomic E-state index is 13.5. The van der Waals surface area contributed by atoms with Gasteiger partial charge in [-0.15, -0.1) is 0 Å². The largest absolute Gasteiger partial charge is 0.454 e. The molecular formula is C27H36ClN3O6S. The quantitative estimate of drug-likeness (QED) is 0.342. The van der Waals surface area contributed by atoms with Gasteiger partial charge in [-0.25, -0.2) is 8.42 Å². The molecule has 0 saturated heterocycles. The van der Waals surface area contributed by atoms with Crippen molar-refractivity contribution >= 4 is 39.1 Å². The number of nitrogens with one attached hydrogen (secondary N) is 1. The van der Waals surface area contributed by atoms with Gasteiger partial charge in [-0.3, -0.25) is 13.9 Å². The number of carbonyl (C=O) groups is 2. The van der Waals surface area contributed by atoms with Crippen molar-refractivity contribution in [3.05, 3.63) is 53.1 Å². The van der Waals surface area contributed by atoms with E-state index in [0.29, 0.717) is 35.2 Å². The van der Waals surface area contributed by atoms with Gasteiger partial charge in [0.2, 0.25) is 28.6 Å². The molecule has 2 aromatic rings. The van der Waals surface area contributed by atoms with Crippen LogP contribution in [0.25, 0.3) is 0 Å². The summed E-state index contributed by atoms with van der Waals surface area (Å²) < 4.78 is 37.1. The fourth-order valence-corrected chi connectivity index (χ4v) is 5.34. The predicted molar refractivity (Wildman–Crippen MR) is 148 cm³/mol. The number of fused-ring (bicyclic) bond motifs is 1. The van der Waals surface area contributed by atoms with Gasteiger partial charge >= 0.3 is 0 Å². The van der Waals surface area contributed by atoms with E-state index >= 15 is 0 Å². The number of unbranched alkanes of at least 4 members (excludes halogenated alkanes) is 1. The fourth-order valence-electron chi connectivity index (χ4n) is 4.26. The van der Waals surface area contributed by atoms with Crippen LogP contribution >= 0.6 is 11.6 Å². The number of sulfonamides is 1. The Morgan fingerprint density at radius 3 is 2.42 bits per heavy atom. The number of carbonyl (C=O) groups excluding carboxylic acids is 2. The lowest BCUT2D eigenvalue weighted by Gasteiger charge is -2.31. The second kappa shape index (κ2) is 13.7. The molecule has 0 saturated carbocycles. The van der Waals surface area contributed by atoms with Crippen molar-refractivity contribution in [2.75, 3.05) is 30.4 Å². The first-order valence-corrected chi connectivity index (χ1v) is 15.1. The molecule has 0 bridgehead atoms. The Labute approximate surface area is 230 Å². The third-order valence-corrected chi connectivity index (χ3v) is 7.72. The molecule has 1 atom stereocenters. The van der Waals surface area contributed by atoms with Gasteiger partial charge in [0.25, 0.3) is 0 Å². The van der Waals surface area contributed by atoms with Crippen LogP contribution in [0.2, 0.25) is 5.02 Å². The fraction of sp³-hybridized carbons (Fsp3) is 0.481. The summed E-state index contributed by atoms with van der Waals surface area (Å²) in [5, 5.41) is 3.52. The third kappa shape index (κ3) is 8.01. The lowest BCUT2D eigenvalue weighted by molar-refractivity contribution is -0.141. The molecule has 0 spiro atoms. The zero-order chi connectivity index (χ0) is 27.7. The molecule has 1 N–H and O–H groups in total. The summed E-state index contributed by atoms with van der Waals surface area (Å²) in [5.41, 5.74) is 1.28. The van der Waals surface area contributed by atoms with Crippen LogP contribution in [0, 0.1) is 0 Å². The van der Waals surface area contributed by atoms with Crippen LogP contribution < -0.4 is 19.1 Å². The van der Waals surface area contributed by atoms with E-state index in [0.717, 1.165) is 24.7 Å². The van der Waals surface area contributed by atoms with Gasteiger partial charge < -0.3 is 19.7 Å². The highest BCUT2D eigenvalue weighted by Gasteiger charge is 2.29. The Morgan fingerprint density at radius 2 is 1.76 bits per heavy atom. The minimum atomic E-state index is -3.62. The van der Waals surface area contributed by atoms with E-state index in [2.05, 4.69) is 5.32 Å². The monoisotopic (exact) mass is 565 g/mol. The minimum Gasteiger partial charge on any atom is -0.454 e. The highest BCUT2D eigenvalue weighted by molar-refractivity contribution is 7.92. The lowest BCUT2D eigenvalue weighted by Crippen LogP contribution is -2.49. The molecule has 0 aromatic heterocycles. The SMILES string of the molecule is CCCCNC(=O)C(CC)N(Cc1ccc(Cl)cc1)C(=O)CCCN(c1ccc2c(c1)OCO2)S(C)(=O)=O. The highest BCUT2D eigenvalue weighted by atomic mass is 35.5. The molecule has 1 aliphatic heterocycles. The number of rotatable bonds is 14. The normalized spacial score (nSPS) is 13.2. The first kappa shape index (κ1) is 29.6. The Bertz CT molecular complexity index is 1210. The molecule has 3 rings (SSSR count). The molecule has 38 heavy (non-hydrogen) atoms. The molecule has 2 amide bonds. The molecule has 0 radical (unpaired) electrons. The molecule has 11 heteroatoms. The Balaban J connectivity index is 1.74. The van der Waals surface area contributed by atoms with E-state index in [9.17, 15) is 18.0 Å². The first-order chi connectivity index (χ1) is 18.1. The molecule has 9 nitrogen and oxygen atoms in total. The zero-order valence-corrected chi connectivity index (χ0v) is 23.7. The van der Waals surface area contributed by atoms with Crippen molar-refractivity contribution in [2.24, 2.45) is 0 Å². The summed E-state index contributed by atoms with van der Waals surface area (Å²) >= 11 is 6.03. The summed E-state index contributed by atoms with van der Waals surface area (Å²) in [4.78, 5) is 28.1. The molecule has 1 unspecified atom stereocenters. The van der Waals surface area contributed by atoms with Crippen LogP contribution in [0.1, 0.15) is 51.5 Å². The number of nitrogens with zero attached hydrogens (tertiary/aromatic N) is 2. The number of hydrogen-bond donors (Lipinski definition) is 1. The predicted octanol–water partition coefficient (Wildman–Crippen LogP) is 4.34. The van der Waals surface area contributed by atoms with E-state index < -0.39 is 16.1 Å². The highest BCUT2D eigenvalue weighted by Crippen LogP contribution is 2.36. The summed E-state index contributed by atoms with van der Waals surface area (Å²) in [6, 6.07) is 11.4. The van der Waals surface area contributed by atoms with Crippen LogP contribution in [-0.2, 0) is 26.2 Å². The second-order valence-electron chi connectivity index (χ2n) is 9.19. The van der Waals surface area contributed by atoms with E-state index in [1.54, 1.807) is 35.2 Å². The lowest BCUT2D eigenvalue weighted by atomic mass is 10.1. The van der Waals surface area contributed by atoms with Gasteiger partial charge in [-0.2, -0.15) is 0 Å². The van der Waals surface area contributed by atoms with Crippen LogP contribution in [0.15, 0.2) is 42.5 Å². The van der Waals surface area contributed by atoms with Crippen molar-refractivity contribution in [3.63, 3.8) is 0 Å². The van der Waals surface area contributed by atoms with Crippen molar-refractivity contribution < 1.29 is 27.5 Å². The maximum atomic E-state index is 13.5. The summed E-state index contributed by atoms with van der Waals surface area (Å²) in [6.07, 6.45) is 3.72. The topological polar surface area (TPSA) is 105 Å². The summed E-state index contributed by atoms with van der Waals surface area (Å²) in [7, 11) is -3.62. The number of halogens is 1. The number of hydrogen-bond acceptors (Lipinski definition) is 6. The van der Waals surface area contributed by atoms with Gasteiger partial charge in [0.1, 0.15) is 6.04 Å². The van der Waals surface area contributed by atoms with Gasteiger partial charge in [-0.05, 0) is 49.1 Å². The number of benzene rings is 2. The Morgan fingerprint density at radius 1 is 1.05 bits per heavy atom. The second-order valence-corrected chi connectivity index (χ2v) is 11.5. The van der Waals surface area contributed by atoms with Crippen LogP contribution in [0.5, 0.6) is 11.5 Å². The van der Waals surface area contributed by atoms with Gasteiger partial charge in [0.05, 0.1) is 11.9 Å². The average molecular weight is 566 g/mol. The molecule has 0 aliphatic carbocycles. The van der Waals surface area contributed by atoms with Gasteiger partial charge in [0.15, 0.2) is 11.5 Å². The van der Waals surface area contributed by atoms with Crippen molar-refractivity contribution in [3.8, 4) is 11.5 Å². The van der Waals surface area contributed by atoms with Crippen LogP contribution in [0.4, 0.5) is 5.69 Å². The number of anilines is 1. The molecular weight excluding hydrogens is 530 g/mol. The molecule has 208 valence electrons. The smallest absolute Gasteiger partial charge is 0.242 e. The average Bonchev–Trinajstić information content (AvgIpc) is 3.35. The Hall–Kier alpha value is -2.98. The standard InChI is InChI=1S/C27H36ClN3O6S/c1-4-6-15-29-27(33)23(5-2)30(18-20-9-11-21(28)12-10-20)26(32)8-7-16-31(38(3,34)35)22-13-14-24-25(17-22)37-19-36-24/h9-14,17,23H,4-8,15-16,18-19H2,1-3H3,(H,29,33). The van der Waals surface area contributed by atoms with E-state index in [4.69, 9.17) is 21.1 Å². The Kier molecular flexibility index (Phi) is 10.7. The van der Waals surface area contributed by atoms with Gasteiger partial charge in [-0.1, -0.05) is 44.0 Å². The van der Waals surface area contributed by atoms with Crippen molar-refractivity contribution in [1.29, 1.82) is 0 Å². The number of amides is 2. The summed E-state index contributed by atoms with van der Waals surface area (Å²) in [5.74, 6) is 0.609. The van der Waals surface area contributed by atoms with Crippen molar-refractivity contribution in [1.82, 2.24) is 10.2 Å². The molecule has 1 heterocycles. The van der Waals surface area contributed by atoms with Crippen LogP contribution in [0.3, 0.4) is 0 Å². The summed E-state index contributed by atoms with van der Waals surface area (Å²) in [6.45, 7) is 4.89. The molecule has 2 aromatic carbocycles. The number of ether oxygens (including phenoxy) is 2. The maximum Gasteiger partial charge on any atom is 0.242 e. The molecule has 0 fully saturated rings. The third-order valence-electron chi connectivity index (χ3n) is 6.28. The minimum absolute atomic E-state index is 0.0723. The van der Waals surface area contributed by atoms with Gasteiger partial charge in [0, 0.05) is 37.1 Å². The van der Waals surface area contributed by atoms with Crippen LogP contribution in [-0.4, -0.2) is 57.3 Å². The van der Waals surface area contributed by atoms with E-state index in [1.807, 2.05) is 26.0 Å².